The van der Waals surface area contributed by atoms with E-state index in [-0.39, 0.29) is 12.1 Å². The monoisotopic (exact) mass is 241 g/mol. The van der Waals surface area contributed by atoms with Gasteiger partial charge in [-0.25, -0.2) is 9.67 Å². The van der Waals surface area contributed by atoms with E-state index in [0.29, 0.717) is 16.9 Å². The van der Waals surface area contributed by atoms with E-state index in [1.807, 2.05) is 6.07 Å². The highest BCUT2D eigenvalue weighted by atomic mass is 16.1. The van der Waals surface area contributed by atoms with Crippen molar-refractivity contribution in [2.24, 2.45) is 0 Å². The summed E-state index contributed by atoms with van der Waals surface area (Å²) in [5.74, 6) is 0. The highest BCUT2D eigenvalue weighted by Crippen LogP contribution is 2.05. The number of aromatic nitrogens is 3. The predicted molar refractivity (Wildman–Crippen MR) is 66.1 cm³/mol. The molecule has 2 aromatic heterocycles. The van der Waals surface area contributed by atoms with Crippen molar-refractivity contribution in [1.29, 1.82) is 5.26 Å². The molecular formula is C12H11N5O. The maximum absolute atomic E-state index is 11.8. The molecule has 0 saturated carbocycles. The first-order valence-corrected chi connectivity index (χ1v) is 5.33. The molecule has 1 N–H and O–H groups in total. The van der Waals surface area contributed by atoms with Crippen LogP contribution < -0.4 is 10.9 Å². The van der Waals surface area contributed by atoms with E-state index in [9.17, 15) is 4.79 Å². The molecule has 0 aliphatic carbocycles. The fourth-order valence-corrected chi connectivity index (χ4v) is 1.52. The van der Waals surface area contributed by atoms with E-state index >= 15 is 0 Å². The van der Waals surface area contributed by atoms with Gasteiger partial charge in [0.1, 0.15) is 11.8 Å². The van der Waals surface area contributed by atoms with Crippen LogP contribution in [0.15, 0.2) is 35.4 Å². The van der Waals surface area contributed by atoms with Gasteiger partial charge in [-0.2, -0.15) is 10.4 Å². The van der Waals surface area contributed by atoms with Crippen molar-refractivity contribution in [1.82, 2.24) is 14.8 Å². The Bertz CT molecular complexity index is 656. The lowest BCUT2D eigenvalue weighted by Crippen LogP contribution is -2.23. The first-order chi connectivity index (χ1) is 8.74. The molecule has 2 aromatic rings. The van der Waals surface area contributed by atoms with Gasteiger partial charge in [0.15, 0.2) is 0 Å². The van der Waals surface area contributed by atoms with Crippen molar-refractivity contribution in [3.05, 3.63) is 52.2 Å². The van der Waals surface area contributed by atoms with Gasteiger partial charge in [-0.1, -0.05) is 6.07 Å². The molecule has 0 saturated heterocycles. The molecule has 18 heavy (non-hydrogen) atoms. The Labute approximate surface area is 104 Å². The standard InChI is InChI=1S/C12H11N5O/c1-14-10-5-12(18)17(16-7-10)8-9-3-2-4-15-11(9)6-13/h2-5,7,14H,8H2,1H3. The van der Waals surface area contributed by atoms with E-state index in [1.165, 1.54) is 10.7 Å². The van der Waals surface area contributed by atoms with Crippen molar-refractivity contribution in [2.45, 2.75) is 6.54 Å². The number of hydrogen-bond acceptors (Lipinski definition) is 5. The summed E-state index contributed by atoms with van der Waals surface area (Å²) in [4.78, 5) is 15.7. The Morgan fingerprint density at radius 3 is 3.06 bits per heavy atom. The van der Waals surface area contributed by atoms with Gasteiger partial charge in [0.25, 0.3) is 5.56 Å². The average molecular weight is 241 g/mol. The third-order valence-electron chi connectivity index (χ3n) is 2.48. The van der Waals surface area contributed by atoms with Crippen molar-refractivity contribution in [3.8, 4) is 6.07 Å². The predicted octanol–water partition coefficient (Wildman–Crippen LogP) is 0.600. The van der Waals surface area contributed by atoms with E-state index in [4.69, 9.17) is 5.26 Å². The second-order valence-electron chi connectivity index (χ2n) is 3.61. The fraction of sp³-hybridized carbons (Fsp3) is 0.167. The zero-order valence-corrected chi connectivity index (χ0v) is 9.79. The lowest BCUT2D eigenvalue weighted by molar-refractivity contribution is 0.637. The summed E-state index contributed by atoms with van der Waals surface area (Å²) in [6, 6.07) is 6.93. The maximum atomic E-state index is 11.8. The zero-order chi connectivity index (χ0) is 13.0. The van der Waals surface area contributed by atoms with Crippen LogP contribution >= 0.6 is 0 Å². The average Bonchev–Trinajstić information content (AvgIpc) is 2.41. The quantitative estimate of drug-likeness (QED) is 0.850. The van der Waals surface area contributed by atoms with Crippen molar-refractivity contribution in [2.75, 3.05) is 12.4 Å². The fourth-order valence-electron chi connectivity index (χ4n) is 1.52. The lowest BCUT2D eigenvalue weighted by atomic mass is 10.2. The molecule has 2 rings (SSSR count). The van der Waals surface area contributed by atoms with Crippen LogP contribution in [-0.2, 0) is 6.54 Å². The van der Waals surface area contributed by atoms with Gasteiger partial charge in [-0.05, 0) is 6.07 Å². The minimum absolute atomic E-state index is 0.227. The molecular weight excluding hydrogens is 230 g/mol. The summed E-state index contributed by atoms with van der Waals surface area (Å²) in [5.41, 5.74) is 1.41. The van der Waals surface area contributed by atoms with Crippen molar-refractivity contribution in [3.63, 3.8) is 0 Å². The lowest BCUT2D eigenvalue weighted by Gasteiger charge is -2.06. The molecule has 0 bridgehead atoms. The summed E-state index contributed by atoms with van der Waals surface area (Å²) in [6.07, 6.45) is 3.10. The first-order valence-electron chi connectivity index (χ1n) is 5.33. The van der Waals surface area contributed by atoms with Crippen molar-refractivity contribution < 1.29 is 0 Å². The number of nitrogens with one attached hydrogen (secondary N) is 1. The van der Waals surface area contributed by atoms with Crippen LogP contribution in [-0.4, -0.2) is 21.8 Å². The molecule has 6 nitrogen and oxygen atoms in total. The van der Waals surface area contributed by atoms with Crippen LogP contribution in [0, 0.1) is 11.3 Å². The van der Waals surface area contributed by atoms with E-state index in [1.54, 1.807) is 31.6 Å². The molecule has 90 valence electrons. The Kier molecular flexibility index (Phi) is 3.34. The maximum Gasteiger partial charge on any atom is 0.269 e. The van der Waals surface area contributed by atoms with Gasteiger partial charge < -0.3 is 5.32 Å². The zero-order valence-electron chi connectivity index (χ0n) is 9.79. The minimum Gasteiger partial charge on any atom is -0.387 e. The number of nitriles is 1. The summed E-state index contributed by atoms with van der Waals surface area (Å²) >= 11 is 0. The summed E-state index contributed by atoms with van der Waals surface area (Å²) < 4.78 is 1.29. The number of nitrogens with zero attached hydrogens (tertiary/aromatic N) is 4. The van der Waals surface area contributed by atoms with E-state index in [0.717, 1.165) is 0 Å². The van der Waals surface area contributed by atoms with E-state index in [2.05, 4.69) is 15.4 Å². The smallest absolute Gasteiger partial charge is 0.269 e. The topological polar surface area (TPSA) is 83.6 Å². The normalized spacial score (nSPS) is 9.78. The molecule has 0 unspecified atom stereocenters. The Morgan fingerprint density at radius 2 is 2.39 bits per heavy atom. The minimum atomic E-state index is -0.227. The number of pyridine rings is 1. The second kappa shape index (κ2) is 5.10. The molecule has 0 aromatic carbocycles. The molecule has 0 amide bonds. The molecule has 6 heteroatoms. The molecule has 0 aliphatic heterocycles. The van der Waals surface area contributed by atoms with Crippen LogP contribution in [0.25, 0.3) is 0 Å². The third-order valence-corrected chi connectivity index (χ3v) is 2.48. The largest absolute Gasteiger partial charge is 0.387 e. The van der Waals surface area contributed by atoms with Crippen LogP contribution in [0.2, 0.25) is 0 Å². The molecule has 0 aliphatic rings. The second-order valence-corrected chi connectivity index (χ2v) is 3.61. The molecule has 0 radical (unpaired) electrons. The summed E-state index contributed by atoms with van der Waals surface area (Å²) in [5, 5.41) is 15.8. The Hall–Kier alpha value is -2.68. The summed E-state index contributed by atoms with van der Waals surface area (Å²) in [7, 11) is 1.72. The van der Waals surface area contributed by atoms with Gasteiger partial charge in [-0.15, -0.1) is 0 Å². The van der Waals surface area contributed by atoms with Crippen LogP contribution in [0.5, 0.6) is 0 Å². The molecule has 2 heterocycles. The Morgan fingerprint density at radius 1 is 1.56 bits per heavy atom. The number of hydrogen-bond donors (Lipinski definition) is 1. The highest BCUT2D eigenvalue weighted by Gasteiger charge is 2.05. The Balaban J connectivity index is 2.35. The number of rotatable bonds is 3. The number of anilines is 1. The van der Waals surface area contributed by atoms with E-state index < -0.39 is 0 Å². The first kappa shape index (κ1) is 11.8. The van der Waals surface area contributed by atoms with Gasteiger partial charge in [0.05, 0.1) is 18.4 Å². The SMILES string of the molecule is CNc1cnn(Cc2cccnc2C#N)c(=O)c1. The summed E-state index contributed by atoms with van der Waals surface area (Å²) in [6.45, 7) is 0.236. The van der Waals surface area contributed by atoms with Crippen molar-refractivity contribution >= 4 is 5.69 Å². The van der Waals surface area contributed by atoms with Crippen LogP contribution in [0.3, 0.4) is 0 Å². The van der Waals surface area contributed by atoms with Gasteiger partial charge in [0, 0.05) is 24.9 Å². The van der Waals surface area contributed by atoms with Gasteiger partial charge in [0.2, 0.25) is 0 Å². The third kappa shape index (κ3) is 2.35. The van der Waals surface area contributed by atoms with Crippen LogP contribution in [0.1, 0.15) is 11.3 Å². The highest BCUT2D eigenvalue weighted by molar-refractivity contribution is 5.38. The van der Waals surface area contributed by atoms with Crippen LogP contribution in [0.4, 0.5) is 5.69 Å². The molecule has 0 fully saturated rings. The van der Waals surface area contributed by atoms with Gasteiger partial charge >= 0.3 is 0 Å². The van der Waals surface area contributed by atoms with Gasteiger partial charge in [-0.3, -0.25) is 4.79 Å². The molecule has 0 spiro atoms. The molecule has 0 atom stereocenters.